The molecular weight excluding hydrogens is 316 g/mol. The van der Waals surface area contributed by atoms with Gasteiger partial charge < -0.3 is 20.5 Å². The number of aliphatic imine (C=N–C) groups is 1. The van der Waals surface area contributed by atoms with Crippen molar-refractivity contribution in [3.8, 4) is 0 Å². The average Bonchev–Trinajstić information content (AvgIpc) is 3.05. The molecule has 0 aromatic carbocycles. The maximum atomic E-state index is 9.35. The minimum Gasteiger partial charge on any atom is -0.396 e. The topological polar surface area (TPSA) is 69.1 Å². The van der Waals surface area contributed by atoms with Gasteiger partial charge >= 0.3 is 0 Å². The molecule has 2 fully saturated rings. The van der Waals surface area contributed by atoms with Crippen molar-refractivity contribution in [3.05, 3.63) is 0 Å². The Balaban J connectivity index is 1.80. The summed E-state index contributed by atoms with van der Waals surface area (Å²) in [6.45, 7) is 10.5. The number of piperidine rings is 1. The van der Waals surface area contributed by atoms with Crippen LogP contribution in [0.15, 0.2) is 4.99 Å². The summed E-state index contributed by atoms with van der Waals surface area (Å²) >= 11 is 0. The number of rotatable bonds is 8. The van der Waals surface area contributed by atoms with Crippen LogP contribution in [0.2, 0.25) is 0 Å². The standard InChI is InChI=1S/C19H38N4O2/c1-16(2)13-23-9-5-4-6-17(23)12-21-18(20-3)22-14-19(7-10-24)8-11-25-15-19/h16-17,24H,4-15H2,1-3H3,(H2,20,21,22). The largest absolute Gasteiger partial charge is 0.396 e. The highest BCUT2D eigenvalue weighted by Crippen LogP contribution is 2.31. The van der Waals surface area contributed by atoms with Gasteiger partial charge in [0.05, 0.1) is 6.61 Å². The lowest BCUT2D eigenvalue weighted by atomic mass is 9.84. The zero-order chi connectivity index (χ0) is 18.1. The molecule has 2 rings (SSSR count). The number of hydrogen-bond acceptors (Lipinski definition) is 4. The Morgan fingerprint density at radius 1 is 1.36 bits per heavy atom. The Hall–Kier alpha value is -0.850. The van der Waals surface area contributed by atoms with Gasteiger partial charge in [-0.3, -0.25) is 9.89 Å². The van der Waals surface area contributed by atoms with E-state index in [-0.39, 0.29) is 12.0 Å². The van der Waals surface area contributed by atoms with Crippen LogP contribution < -0.4 is 10.6 Å². The van der Waals surface area contributed by atoms with E-state index in [1.165, 1.54) is 32.4 Å². The maximum Gasteiger partial charge on any atom is 0.191 e. The van der Waals surface area contributed by atoms with Crippen LogP contribution in [0.1, 0.15) is 46.0 Å². The molecule has 2 aliphatic rings. The van der Waals surface area contributed by atoms with Crippen molar-refractivity contribution in [1.82, 2.24) is 15.5 Å². The van der Waals surface area contributed by atoms with Crippen molar-refractivity contribution < 1.29 is 9.84 Å². The number of aliphatic hydroxyl groups is 1. The molecule has 2 saturated heterocycles. The highest BCUT2D eigenvalue weighted by molar-refractivity contribution is 5.79. The van der Waals surface area contributed by atoms with Gasteiger partial charge in [-0.1, -0.05) is 20.3 Å². The summed E-state index contributed by atoms with van der Waals surface area (Å²) in [6.07, 6.45) is 5.69. The van der Waals surface area contributed by atoms with Gasteiger partial charge in [0.1, 0.15) is 0 Å². The summed E-state index contributed by atoms with van der Waals surface area (Å²) in [6, 6.07) is 0.593. The summed E-state index contributed by atoms with van der Waals surface area (Å²) in [4.78, 5) is 7.01. The molecule has 2 aliphatic heterocycles. The van der Waals surface area contributed by atoms with Crippen molar-refractivity contribution >= 4 is 5.96 Å². The Kier molecular flexibility index (Phi) is 8.46. The van der Waals surface area contributed by atoms with Crippen LogP contribution in [0.25, 0.3) is 0 Å². The molecule has 3 N–H and O–H groups in total. The van der Waals surface area contributed by atoms with Gasteiger partial charge in [-0.25, -0.2) is 0 Å². The van der Waals surface area contributed by atoms with E-state index in [4.69, 9.17) is 4.74 Å². The van der Waals surface area contributed by atoms with Crippen molar-refractivity contribution in [1.29, 1.82) is 0 Å². The fourth-order valence-electron chi connectivity index (χ4n) is 4.02. The molecule has 0 radical (unpaired) electrons. The van der Waals surface area contributed by atoms with Crippen molar-refractivity contribution in [2.75, 3.05) is 53.0 Å². The molecule has 6 nitrogen and oxygen atoms in total. The van der Waals surface area contributed by atoms with E-state index in [0.29, 0.717) is 12.0 Å². The minimum atomic E-state index is 0.0425. The lowest BCUT2D eigenvalue weighted by Gasteiger charge is -2.37. The maximum absolute atomic E-state index is 9.35. The first-order valence-corrected chi connectivity index (χ1v) is 9.96. The van der Waals surface area contributed by atoms with Gasteiger partial charge in [0, 0.05) is 51.4 Å². The van der Waals surface area contributed by atoms with Crippen LogP contribution in [0, 0.1) is 11.3 Å². The van der Waals surface area contributed by atoms with E-state index in [1.54, 1.807) is 0 Å². The number of hydrogen-bond donors (Lipinski definition) is 3. The number of likely N-dealkylation sites (tertiary alicyclic amines) is 1. The van der Waals surface area contributed by atoms with Gasteiger partial charge in [-0.05, 0) is 38.1 Å². The highest BCUT2D eigenvalue weighted by Gasteiger charge is 2.34. The fourth-order valence-corrected chi connectivity index (χ4v) is 4.02. The molecule has 0 aromatic rings. The van der Waals surface area contributed by atoms with Gasteiger partial charge in [0.25, 0.3) is 0 Å². The van der Waals surface area contributed by atoms with Gasteiger partial charge in [-0.2, -0.15) is 0 Å². The predicted octanol–water partition coefficient (Wildman–Crippen LogP) is 1.45. The third kappa shape index (κ3) is 6.42. The monoisotopic (exact) mass is 354 g/mol. The summed E-state index contributed by atoms with van der Waals surface area (Å²) in [5.74, 6) is 1.57. The zero-order valence-corrected chi connectivity index (χ0v) is 16.4. The van der Waals surface area contributed by atoms with Gasteiger partial charge in [0.2, 0.25) is 0 Å². The molecule has 0 aliphatic carbocycles. The second-order valence-electron chi connectivity index (χ2n) is 8.12. The van der Waals surface area contributed by atoms with Gasteiger partial charge in [-0.15, -0.1) is 0 Å². The molecular formula is C19H38N4O2. The number of guanidine groups is 1. The molecule has 0 saturated carbocycles. The van der Waals surface area contributed by atoms with Gasteiger partial charge in [0.15, 0.2) is 5.96 Å². The first-order chi connectivity index (χ1) is 12.1. The fraction of sp³-hybridized carbons (Fsp3) is 0.947. The Morgan fingerprint density at radius 2 is 2.20 bits per heavy atom. The van der Waals surface area contributed by atoms with E-state index in [9.17, 15) is 5.11 Å². The SMILES string of the molecule is CN=C(NCC1CCCCN1CC(C)C)NCC1(CCO)CCOC1. The van der Waals surface area contributed by atoms with E-state index in [2.05, 4.69) is 34.4 Å². The number of aliphatic hydroxyl groups excluding tert-OH is 1. The van der Waals surface area contributed by atoms with Crippen LogP contribution in [0.5, 0.6) is 0 Å². The van der Waals surface area contributed by atoms with Crippen LogP contribution in [0.4, 0.5) is 0 Å². The molecule has 2 atom stereocenters. The first-order valence-electron chi connectivity index (χ1n) is 9.96. The second kappa shape index (κ2) is 10.3. The highest BCUT2D eigenvalue weighted by atomic mass is 16.5. The molecule has 0 bridgehead atoms. The molecule has 0 spiro atoms. The van der Waals surface area contributed by atoms with E-state index >= 15 is 0 Å². The number of nitrogens with zero attached hydrogens (tertiary/aromatic N) is 2. The average molecular weight is 355 g/mol. The Bertz CT molecular complexity index is 408. The first kappa shape index (κ1) is 20.5. The molecule has 0 amide bonds. The Labute approximate surface area is 153 Å². The Morgan fingerprint density at radius 3 is 2.84 bits per heavy atom. The number of nitrogens with one attached hydrogen (secondary N) is 2. The van der Waals surface area contributed by atoms with E-state index < -0.39 is 0 Å². The molecule has 2 heterocycles. The summed E-state index contributed by atoms with van der Waals surface area (Å²) in [5.41, 5.74) is 0.0425. The van der Waals surface area contributed by atoms with Crippen LogP contribution in [0.3, 0.4) is 0 Å². The molecule has 6 heteroatoms. The van der Waals surface area contributed by atoms with Crippen LogP contribution in [-0.4, -0.2) is 75.1 Å². The van der Waals surface area contributed by atoms with Crippen molar-refractivity contribution in [3.63, 3.8) is 0 Å². The summed E-state index contributed by atoms with van der Waals surface area (Å²) in [5, 5.41) is 16.3. The lowest BCUT2D eigenvalue weighted by molar-refractivity contribution is 0.126. The summed E-state index contributed by atoms with van der Waals surface area (Å²) < 4.78 is 5.57. The third-order valence-electron chi connectivity index (χ3n) is 5.54. The second-order valence-corrected chi connectivity index (χ2v) is 8.12. The lowest BCUT2D eigenvalue weighted by Crippen LogP contribution is -2.51. The molecule has 25 heavy (non-hydrogen) atoms. The quantitative estimate of drug-likeness (QED) is 0.455. The molecule has 146 valence electrons. The minimum absolute atomic E-state index is 0.0425. The third-order valence-corrected chi connectivity index (χ3v) is 5.54. The number of ether oxygens (including phenoxy) is 1. The predicted molar refractivity (Wildman–Crippen MR) is 103 cm³/mol. The van der Waals surface area contributed by atoms with Crippen molar-refractivity contribution in [2.45, 2.75) is 52.0 Å². The van der Waals surface area contributed by atoms with E-state index in [0.717, 1.165) is 45.1 Å². The zero-order valence-electron chi connectivity index (χ0n) is 16.4. The van der Waals surface area contributed by atoms with E-state index in [1.807, 2.05) is 7.05 Å². The summed E-state index contributed by atoms with van der Waals surface area (Å²) in [7, 11) is 1.83. The normalized spacial score (nSPS) is 28.5. The van der Waals surface area contributed by atoms with Crippen LogP contribution in [-0.2, 0) is 4.74 Å². The smallest absolute Gasteiger partial charge is 0.191 e. The van der Waals surface area contributed by atoms with Crippen LogP contribution >= 0.6 is 0 Å². The molecule has 2 unspecified atom stereocenters. The van der Waals surface area contributed by atoms with Crippen molar-refractivity contribution in [2.24, 2.45) is 16.3 Å². The molecule has 0 aromatic heterocycles.